The molecular formula is C10H11FN2O7S. The topological polar surface area (TPSA) is 147 Å². The van der Waals surface area contributed by atoms with Gasteiger partial charge in [0.1, 0.15) is 16.8 Å². The van der Waals surface area contributed by atoms with Crippen molar-refractivity contribution in [2.45, 2.75) is 24.0 Å². The number of aliphatic hydroxyl groups excluding tert-OH is 1. The molecule has 0 aliphatic rings. The molecule has 1 rings (SSSR count). The Morgan fingerprint density at radius 1 is 1.48 bits per heavy atom. The third kappa shape index (κ3) is 3.93. The van der Waals surface area contributed by atoms with Crippen molar-refractivity contribution >= 4 is 21.7 Å². The van der Waals surface area contributed by atoms with Gasteiger partial charge in [0.2, 0.25) is 10.0 Å². The van der Waals surface area contributed by atoms with E-state index < -0.39 is 49.5 Å². The number of carboxylic acids is 1. The Bertz CT molecular complexity index is 674. The second-order valence-electron chi connectivity index (χ2n) is 4.05. The Balaban J connectivity index is 3.27. The average Bonchev–Trinajstić information content (AvgIpc) is 2.35. The summed E-state index contributed by atoms with van der Waals surface area (Å²) in [6.45, 7) is 1.02. The number of halogens is 1. The lowest BCUT2D eigenvalue weighted by Gasteiger charge is -2.17. The molecule has 0 unspecified atom stereocenters. The summed E-state index contributed by atoms with van der Waals surface area (Å²) in [4.78, 5) is 19.4. The lowest BCUT2D eigenvalue weighted by molar-refractivity contribution is -0.385. The number of non-ortho nitro benzene ring substituents is 1. The largest absolute Gasteiger partial charge is 0.480 e. The number of benzene rings is 1. The number of nitrogens with zero attached hydrogens (tertiary/aromatic N) is 1. The van der Waals surface area contributed by atoms with Gasteiger partial charge >= 0.3 is 5.97 Å². The van der Waals surface area contributed by atoms with Crippen LogP contribution in [0.1, 0.15) is 6.92 Å². The number of sulfonamides is 1. The second-order valence-corrected chi connectivity index (χ2v) is 5.73. The van der Waals surface area contributed by atoms with Crippen LogP contribution in [0.25, 0.3) is 0 Å². The van der Waals surface area contributed by atoms with Crippen molar-refractivity contribution < 1.29 is 32.7 Å². The van der Waals surface area contributed by atoms with Crippen LogP contribution in [-0.2, 0) is 14.8 Å². The fourth-order valence-corrected chi connectivity index (χ4v) is 2.76. The molecule has 0 bridgehead atoms. The van der Waals surface area contributed by atoms with Crippen molar-refractivity contribution in [2.75, 3.05) is 0 Å². The maximum absolute atomic E-state index is 13.5. The van der Waals surface area contributed by atoms with Gasteiger partial charge in [-0.05, 0) is 13.0 Å². The Morgan fingerprint density at radius 2 is 2.05 bits per heavy atom. The predicted molar refractivity (Wildman–Crippen MR) is 66.5 cm³/mol. The molecule has 1 aromatic carbocycles. The van der Waals surface area contributed by atoms with Gasteiger partial charge in [-0.1, -0.05) is 0 Å². The molecule has 0 amide bonds. The molecule has 0 spiro atoms. The molecule has 116 valence electrons. The maximum Gasteiger partial charge on any atom is 0.324 e. The Morgan fingerprint density at radius 3 is 2.48 bits per heavy atom. The summed E-state index contributed by atoms with van der Waals surface area (Å²) >= 11 is 0. The Hall–Kier alpha value is -2.11. The summed E-state index contributed by atoms with van der Waals surface area (Å²) in [5, 5.41) is 28.5. The van der Waals surface area contributed by atoms with E-state index in [9.17, 15) is 32.8 Å². The first-order chi connectivity index (χ1) is 9.56. The van der Waals surface area contributed by atoms with Crippen molar-refractivity contribution in [2.24, 2.45) is 0 Å². The third-order valence-corrected chi connectivity index (χ3v) is 3.90. The van der Waals surface area contributed by atoms with Crippen LogP contribution in [0.5, 0.6) is 0 Å². The molecule has 0 saturated carbocycles. The molecular weight excluding hydrogens is 311 g/mol. The highest BCUT2D eigenvalue weighted by Crippen LogP contribution is 2.21. The first-order valence-corrected chi connectivity index (χ1v) is 6.91. The molecule has 1 aromatic rings. The number of nitro groups is 1. The van der Waals surface area contributed by atoms with Gasteiger partial charge in [0.05, 0.1) is 11.0 Å². The lowest BCUT2D eigenvalue weighted by atomic mass is 10.2. The zero-order valence-corrected chi connectivity index (χ0v) is 11.4. The van der Waals surface area contributed by atoms with Gasteiger partial charge in [0.15, 0.2) is 0 Å². The molecule has 9 nitrogen and oxygen atoms in total. The monoisotopic (exact) mass is 322 g/mol. The number of rotatable bonds is 6. The molecule has 11 heteroatoms. The fourth-order valence-electron chi connectivity index (χ4n) is 1.40. The highest BCUT2D eigenvalue weighted by atomic mass is 32.2. The van der Waals surface area contributed by atoms with Crippen molar-refractivity contribution in [3.8, 4) is 0 Å². The molecule has 0 fully saturated rings. The van der Waals surface area contributed by atoms with Crippen molar-refractivity contribution in [1.82, 2.24) is 4.72 Å². The van der Waals surface area contributed by atoms with Crippen LogP contribution in [0, 0.1) is 15.9 Å². The van der Waals surface area contributed by atoms with Gasteiger partial charge in [0.25, 0.3) is 5.69 Å². The van der Waals surface area contributed by atoms with E-state index in [-0.39, 0.29) is 0 Å². The molecule has 0 saturated heterocycles. The Kier molecular flexibility index (Phi) is 4.93. The minimum absolute atomic E-state index is 0.457. The highest BCUT2D eigenvalue weighted by molar-refractivity contribution is 7.89. The minimum atomic E-state index is -4.71. The second kappa shape index (κ2) is 6.11. The van der Waals surface area contributed by atoms with Crippen molar-refractivity contribution in [3.63, 3.8) is 0 Å². The number of nitro benzene ring substituents is 1. The first kappa shape index (κ1) is 16.9. The molecule has 0 aliphatic carbocycles. The van der Waals surface area contributed by atoms with E-state index in [1.54, 1.807) is 4.72 Å². The van der Waals surface area contributed by atoms with Gasteiger partial charge in [-0.3, -0.25) is 14.9 Å². The first-order valence-electron chi connectivity index (χ1n) is 5.43. The van der Waals surface area contributed by atoms with Crippen molar-refractivity contribution in [3.05, 3.63) is 34.1 Å². The van der Waals surface area contributed by atoms with Crippen LogP contribution >= 0.6 is 0 Å². The van der Waals surface area contributed by atoms with Crippen LogP contribution in [0.4, 0.5) is 10.1 Å². The molecule has 2 atom stereocenters. The van der Waals surface area contributed by atoms with Gasteiger partial charge in [0, 0.05) is 12.1 Å². The molecule has 3 N–H and O–H groups in total. The summed E-state index contributed by atoms with van der Waals surface area (Å²) in [5.41, 5.74) is -0.680. The van der Waals surface area contributed by atoms with Crippen LogP contribution in [0.2, 0.25) is 0 Å². The summed E-state index contributed by atoms with van der Waals surface area (Å²) < 4.78 is 38.9. The standard InChI is InChI=1S/C10H11FN2O7S/c1-5(14)9(10(15)16)12-21(19,20)8-4-6(13(17)18)2-3-7(8)11/h2-5,9,12,14H,1H3,(H,15,16)/t5-,9+/m1/s1. The number of hydrogen-bond donors (Lipinski definition) is 3. The van der Waals surface area contributed by atoms with Gasteiger partial charge in [-0.2, -0.15) is 4.72 Å². The number of aliphatic hydroxyl groups is 1. The van der Waals surface area contributed by atoms with Crippen LogP contribution in [-0.4, -0.2) is 41.7 Å². The van der Waals surface area contributed by atoms with E-state index in [1.807, 2.05) is 0 Å². The molecule has 0 radical (unpaired) electrons. The minimum Gasteiger partial charge on any atom is -0.480 e. The van der Waals surface area contributed by atoms with Gasteiger partial charge < -0.3 is 10.2 Å². The number of hydrogen-bond acceptors (Lipinski definition) is 6. The van der Waals surface area contributed by atoms with E-state index in [1.165, 1.54) is 0 Å². The summed E-state index contributed by atoms with van der Waals surface area (Å²) in [6, 6.07) is -0.130. The number of aliphatic carboxylic acids is 1. The Labute approximate surface area is 118 Å². The summed E-state index contributed by atoms with van der Waals surface area (Å²) in [7, 11) is -4.71. The van der Waals surface area contributed by atoms with Crippen LogP contribution in [0.15, 0.2) is 23.1 Å². The molecule has 0 aromatic heterocycles. The fraction of sp³-hybridized carbons (Fsp3) is 0.300. The predicted octanol–water partition coefficient (Wildman–Crippen LogP) is -0.154. The molecule has 0 heterocycles. The van der Waals surface area contributed by atoms with E-state index >= 15 is 0 Å². The van der Waals surface area contributed by atoms with Crippen molar-refractivity contribution in [1.29, 1.82) is 0 Å². The van der Waals surface area contributed by atoms with Gasteiger partial charge in [-0.25, -0.2) is 12.8 Å². The normalized spacial score (nSPS) is 14.4. The van der Waals surface area contributed by atoms with E-state index in [2.05, 4.69) is 0 Å². The zero-order valence-electron chi connectivity index (χ0n) is 10.6. The van der Waals surface area contributed by atoms with E-state index in [4.69, 9.17) is 5.11 Å². The highest BCUT2D eigenvalue weighted by Gasteiger charge is 2.31. The van der Waals surface area contributed by atoms with Crippen LogP contribution < -0.4 is 4.72 Å². The lowest BCUT2D eigenvalue weighted by Crippen LogP contribution is -2.47. The molecule has 21 heavy (non-hydrogen) atoms. The summed E-state index contributed by atoms with van der Waals surface area (Å²) in [6.07, 6.45) is -1.60. The van der Waals surface area contributed by atoms with Gasteiger partial charge in [-0.15, -0.1) is 0 Å². The van der Waals surface area contributed by atoms with E-state index in [0.717, 1.165) is 13.0 Å². The molecule has 0 aliphatic heterocycles. The SMILES string of the molecule is C[C@@H](O)[C@H](NS(=O)(=O)c1cc([N+](=O)[O-])ccc1F)C(=O)O. The third-order valence-electron chi connectivity index (χ3n) is 2.45. The quantitative estimate of drug-likeness (QED) is 0.487. The average molecular weight is 322 g/mol. The smallest absolute Gasteiger partial charge is 0.324 e. The maximum atomic E-state index is 13.5. The summed E-state index contributed by atoms with van der Waals surface area (Å²) in [5.74, 6) is -2.97. The van der Waals surface area contributed by atoms with Crippen LogP contribution in [0.3, 0.4) is 0 Å². The zero-order chi connectivity index (χ0) is 16.4. The number of carboxylic acid groups (broad SMARTS) is 1. The number of nitrogens with one attached hydrogen (secondary N) is 1. The van der Waals surface area contributed by atoms with E-state index in [0.29, 0.717) is 12.1 Å². The number of carbonyl (C=O) groups is 1.